The fraction of sp³-hybridized carbons (Fsp3) is 0.286. The van der Waals surface area contributed by atoms with E-state index in [1.54, 1.807) is 18.2 Å². The van der Waals surface area contributed by atoms with Crippen LogP contribution in [0.1, 0.15) is 23.7 Å². The van der Waals surface area contributed by atoms with E-state index in [4.69, 9.17) is 4.74 Å². The molecule has 0 aliphatic carbocycles. The lowest BCUT2D eigenvalue weighted by Gasteiger charge is -2.09. The standard InChI is InChI=1S/C14H15BrO4/c1-3-8-19-13-6-4-10(15)9-11(13)12(16)5-7-14(17)18-2/h4-7,9H,3,8H2,1-2H3/b7-5+. The first-order valence-electron chi connectivity index (χ1n) is 5.81. The summed E-state index contributed by atoms with van der Waals surface area (Å²) in [7, 11) is 1.26. The maximum Gasteiger partial charge on any atom is 0.330 e. The quantitative estimate of drug-likeness (QED) is 0.458. The lowest BCUT2D eigenvalue weighted by molar-refractivity contribution is -0.134. The Hall–Kier alpha value is -1.62. The highest BCUT2D eigenvalue weighted by atomic mass is 79.9. The average Bonchev–Trinajstić information content (AvgIpc) is 2.42. The number of hydrogen-bond acceptors (Lipinski definition) is 4. The summed E-state index contributed by atoms with van der Waals surface area (Å²) in [5.41, 5.74) is 0.406. The minimum absolute atomic E-state index is 0.308. The number of halogens is 1. The molecule has 102 valence electrons. The molecule has 1 rings (SSSR count). The van der Waals surface area contributed by atoms with Gasteiger partial charge in [-0.1, -0.05) is 22.9 Å². The van der Waals surface area contributed by atoms with Gasteiger partial charge in [0.25, 0.3) is 0 Å². The van der Waals surface area contributed by atoms with Gasteiger partial charge < -0.3 is 9.47 Å². The van der Waals surface area contributed by atoms with Gasteiger partial charge in [0.15, 0.2) is 5.78 Å². The van der Waals surface area contributed by atoms with Gasteiger partial charge in [0.1, 0.15) is 5.75 Å². The Kier molecular flexibility index (Phi) is 6.29. The Morgan fingerprint density at radius 3 is 2.68 bits per heavy atom. The molecule has 0 bridgehead atoms. The van der Waals surface area contributed by atoms with Gasteiger partial charge in [-0.3, -0.25) is 4.79 Å². The summed E-state index contributed by atoms with van der Waals surface area (Å²) in [4.78, 5) is 23.0. The molecule has 0 aliphatic rings. The van der Waals surface area contributed by atoms with E-state index in [0.717, 1.165) is 17.0 Å². The van der Waals surface area contributed by atoms with Crippen molar-refractivity contribution in [2.75, 3.05) is 13.7 Å². The number of hydrogen-bond donors (Lipinski definition) is 0. The molecule has 0 heterocycles. The third-order valence-electron chi connectivity index (χ3n) is 2.24. The van der Waals surface area contributed by atoms with Crippen molar-refractivity contribution in [2.24, 2.45) is 0 Å². The Morgan fingerprint density at radius 1 is 1.32 bits per heavy atom. The van der Waals surface area contributed by atoms with Gasteiger partial charge in [-0.2, -0.15) is 0 Å². The van der Waals surface area contributed by atoms with Gasteiger partial charge in [-0.05, 0) is 30.7 Å². The third kappa shape index (κ3) is 4.87. The van der Waals surface area contributed by atoms with Crippen molar-refractivity contribution in [3.05, 3.63) is 40.4 Å². The van der Waals surface area contributed by atoms with E-state index in [-0.39, 0.29) is 5.78 Å². The first-order chi connectivity index (χ1) is 9.08. The van der Waals surface area contributed by atoms with Crippen molar-refractivity contribution in [1.29, 1.82) is 0 Å². The van der Waals surface area contributed by atoms with Crippen LogP contribution in [-0.4, -0.2) is 25.5 Å². The zero-order valence-corrected chi connectivity index (χ0v) is 12.4. The number of esters is 1. The molecule has 4 nitrogen and oxygen atoms in total. The average molecular weight is 327 g/mol. The predicted molar refractivity (Wildman–Crippen MR) is 75.4 cm³/mol. The summed E-state index contributed by atoms with van der Waals surface area (Å²) in [5.74, 6) is -0.373. The zero-order chi connectivity index (χ0) is 14.3. The smallest absolute Gasteiger partial charge is 0.330 e. The van der Waals surface area contributed by atoms with Crippen LogP contribution < -0.4 is 4.74 Å². The molecular weight excluding hydrogens is 312 g/mol. The van der Waals surface area contributed by atoms with E-state index >= 15 is 0 Å². The van der Waals surface area contributed by atoms with E-state index in [1.807, 2.05) is 6.92 Å². The number of carbonyl (C=O) groups excluding carboxylic acids is 2. The van der Waals surface area contributed by atoms with Crippen molar-refractivity contribution >= 4 is 27.7 Å². The van der Waals surface area contributed by atoms with Crippen molar-refractivity contribution in [3.63, 3.8) is 0 Å². The van der Waals surface area contributed by atoms with Gasteiger partial charge in [0, 0.05) is 10.5 Å². The predicted octanol–water partition coefficient (Wildman–Crippen LogP) is 3.15. The fourth-order valence-electron chi connectivity index (χ4n) is 1.33. The summed E-state index contributed by atoms with van der Waals surface area (Å²) < 4.78 is 10.7. The van der Waals surface area contributed by atoms with Crippen LogP contribution in [0, 0.1) is 0 Å². The maximum atomic E-state index is 12.0. The second-order valence-electron chi connectivity index (χ2n) is 3.71. The first-order valence-corrected chi connectivity index (χ1v) is 6.60. The summed E-state index contributed by atoms with van der Waals surface area (Å²) in [5, 5.41) is 0. The molecule has 0 fully saturated rings. The Bertz CT molecular complexity index is 494. The summed E-state index contributed by atoms with van der Waals surface area (Å²) in [6.07, 6.45) is 3.11. The maximum absolute atomic E-state index is 12.0. The molecule has 19 heavy (non-hydrogen) atoms. The largest absolute Gasteiger partial charge is 0.493 e. The first kappa shape index (κ1) is 15.4. The number of carbonyl (C=O) groups is 2. The molecule has 0 aliphatic heterocycles. The highest BCUT2D eigenvalue weighted by Crippen LogP contribution is 2.24. The van der Waals surface area contributed by atoms with Crippen LogP contribution in [0.25, 0.3) is 0 Å². The molecule has 0 atom stereocenters. The molecule has 0 spiro atoms. The molecule has 0 N–H and O–H groups in total. The molecule has 0 aromatic heterocycles. The van der Waals surface area contributed by atoms with Crippen molar-refractivity contribution < 1.29 is 19.1 Å². The lowest BCUT2D eigenvalue weighted by Crippen LogP contribution is -2.04. The minimum atomic E-state index is -0.570. The normalized spacial score (nSPS) is 10.5. The lowest BCUT2D eigenvalue weighted by atomic mass is 10.1. The molecule has 0 saturated heterocycles. The highest BCUT2D eigenvalue weighted by molar-refractivity contribution is 9.10. The number of ketones is 1. The second kappa shape index (κ2) is 7.74. The monoisotopic (exact) mass is 326 g/mol. The van der Waals surface area contributed by atoms with Gasteiger partial charge >= 0.3 is 5.97 Å². The van der Waals surface area contributed by atoms with Crippen LogP contribution in [0.5, 0.6) is 5.75 Å². The van der Waals surface area contributed by atoms with E-state index in [2.05, 4.69) is 20.7 Å². The fourth-order valence-corrected chi connectivity index (χ4v) is 1.70. The zero-order valence-electron chi connectivity index (χ0n) is 10.8. The summed E-state index contributed by atoms with van der Waals surface area (Å²) >= 11 is 3.30. The Morgan fingerprint density at radius 2 is 2.05 bits per heavy atom. The third-order valence-corrected chi connectivity index (χ3v) is 2.73. The molecular formula is C14H15BrO4. The van der Waals surface area contributed by atoms with Crippen LogP contribution in [-0.2, 0) is 9.53 Å². The van der Waals surface area contributed by atoms with E-state index in [1.165, 1.54) is 13.2 Å². The molecule has 1 aromatic carbocycles. The van der Waals surface area contributed by atoms with Crippen LogP contribution >= 0.6 is 15.9 Å². The Balaban J connectivity index is 2.96. The molecule has 0 unspecified atom stereocenters. The summed E-state index contributed by atoms with van der Waals surface area (Å²) in [6.45, 7) is 2.51. The van der Waals surface area contributed by atoms with E-state index < -0.39 is 5.97 Å². The molecule has 5 heteroatoms. The molecule has 0 radical (unpaired) electrons. The van der Waals surface area contributed by atoms with Crippen LogP contribution in [0.3, 0.4) is 0 Å². The van der Waals surface area contributed by atoms with Crippen LogP contribution in [0.15, 0.2) is 34.8 Å². The van der Waals surface area contributed by atoms with Gasteiger partial charge in [-0.25, -0.2) is 4.79 Å². The van der Waals surface area contributed by atoms with Crippen molar-refractivity contribution in [2.45, 2.75) is 13.3 Å². The van der Waals surface area contributed by atoms with Crippen molar-refractivity contribution in [1.82, 2.24) is 0 Å². The number of ether oxygens (including phenoxy) is 2. The summed E-state index contributed by atoms with van der Waals surface area (Å²) in [6, 6.07) is 5.18. The Labute approximate surface area is 120 Å². The molecule has 1 aromatic rings. The van der Waals surface area contributed by atoms with Gasteiger partial charge in [0.05, 0.1) is 19.3 Å². The van der Waals surface area contributed by atoms with E-state index in [0.29, 0.717) is 17.9 Å². The molecule has 0 saturated carbocycles. The number of rotatable bonds is 6. The highest BCUT2D eigenvalue weighted by Gasteiger charge is 2.11. The van der Waals surface area contributed by atoms with Gasteiger partial charge in [-0.15, -0.1) is 0 Å². The SMILES string of the molecule is CCCOc1ccc(Br)cc1C(=O)/C=C/C(=O)OC. The number of allylic oxidation sites excluding steroid dienone is 1. The molecule has 0 amide bonds. The second-order valence-corrected chi connectivity index (χ2v) is 4.63. The number of methoxy groups -OCH3 is 1. The van der Waals surface area contributed by atoms with Crippen LogP contribution in [0.2, 0.25) is 0 Å². The van der Waals surface area contributed by atoms with Gasteiger partial charge in [0.2, 0.25) is 0 Å². The minimum Gasteiger partial charge on any atom is -0.493 e. The topological polar surface area (TPSA) is 52.6 Å². The van der Waals surface area contributed by atoms with Crippen molar-refractivity contribution in [3.8, 4) is 5.75 Å². The van der Waals surface area contributed by atoms with Crippen LogP contribution in [0.4, 0.5) is 0 Å². The van der Waals surface area contributed by atoms with E-state index in [9.17, 15) is 9.59 Å². The number of benzene rings is 1.